The molecule has 0 N–H and O–H groups in total. The molecule has 0 radical (unpaired) electrons. The summed E-state index contributed by atoms with van der Waals surface area (Å²) in [6.07, 6.45) is 0. The average molecular weight is 181 g/mol. The van der Waals surface area contributed by atoms with Crippen LogP contribution in [0.4, 0.5) is 0 Å². The molecule has 0 saturated heterocycles. The molecular formula is C3H8Cl3P. The van der Waals surface area contributed by atoms with Crippen molar-refractivity contribution >= 4 is 39.4 Å². The second-order valence-corrected chi connectivity index (χ2v) is 14.3. The molecule has 0 bridgehead atoms. The number of halogens is 3. The number of hydrogen-bond acceptors (Lipinski definition) is 0. The van der Waals surface area contributed by atoms with E-state index in [0.717, 1.165) is 0 Å². The molecule has 0 amide bonds. The van der Waals surface area contributed by atoms with Crippen molar-refractivity contribution in [3.05, 3.63) is 0 Å². The van der Waals surface area contributed by atoms with Gasteiger partial charge in [-0.3, -0.25) is 0 Å². The Labute approximate surface area is 58.6 Å². The fourth-order valence-electron chi connectivity index (χ4n) is 0. The van der Waals surface area contributed by atoms with Crippen LogP contribution in [0.25, 0.3) is 0 Å². The Balaban J connectivity index is 3.83. The summed E-state index contributed by atoms with van der Waals surface area (Å²) in [5.41, 5.74) is 0.370. The van der Waals surface area contributed by atoms with Crippen molar-refractivity contribution in [2.75, 3.05) is 19.0 Å². The van der Waals surface area contributed by atoms with Crippen molar-refractivity contribution < 1.29 is 0 Å². The van der Waals surface area contributed by atoms with Gasteiger partial charge in [-0.05, 0) is 0 Å². The molecule has 0 aliphatic carbocycles. The Morgan fingerprint density at radius 3 is 1.43 bits per heavy atom. The van der Waals surface area contributed by atoms with Gasteiger partial charge in [0, 0.05) is 0 Å². The standard InChI is InChI=1S/C3H8Cl3P/c1-7(2,5,6)3-4/h3H2,1-2H3. The SMILES string of the molecule is CP(C)(Cl)(Cl)CCl. The third kappa shape index (κ3) is 7.30. The minimum atomic E-state index is -2.37. The molecule has 0 heterocycles. The van der Waals surface area contributed by atoms with E-state index in [1.165, 1.54) is 0 Å². The van der Waals surface area contributed by atoms with Gasteiger partial charge in [0.25, 0.3) is 0 Å². The number of alkyl halides is 1. The third-order valence-corrected chi connectivity index (χ3v) is 4.59. The van der Waals surface area contributed by atoms with Gasteiger partial charge < -0.3 is 0 Å². The zero-order valence-electron chi connectivity index (χ0n) is 4.29. The van der Waals surface area contributed by atoms with E-state index >= 15 is 0 Å². The summed E-state index contributed by atoms with van der Waals surface area (Å²) in [5, 5.41) is -2.37. The van der Waals surface area contributed by atoms with E-state index in [2.05, 4.69) is 0 Å². The fourth-order valence-corrected chi connectivity index (χ4v) is 0. The van der Waals surface area contributed by atoms with E-state index in [4.69, 9.17) is 34.1 Å². The first-order valence-corrected chi connectivity index (χ1v) is 7.48. The Bertz CT molecular complexity index is 62.7. The zero-order valence-corrected chi connectivity index (χ0v) is 7.45. The minimum absolute atomic E-state index is 0.370. The summed E-state index contributed by atoms with van der Waals surface area (Å²) in [4.78, 5) is 0. The second kappa shape index (κ2) is 1.92. The predicted molar refractivity (Wildman–Crippen MR) is 41.2 cm³/mol. The molecule has 0 aromatic carbocycles. The Morgan fingerprint density at radius 2 is 1.43 bits per heavy atom. The normalized spacial score (nSPS) is 18.1. The van der Waals surface area contributed by atoms with Crippen molar-refractivity contribution in [1.29, 1.82) is 0 Å². The van der Waals surface area contributed by atoms with Crippen LogP contribution in [-0.2, 0) is 0 Å². The average Bonchev–Trinajstić information content (AvgIpc) is 1.32. The molecule has 0 atom stereocenters. The van der Waals surface area contributed by atoms with Crippen LogP contribution in [0.1, 0.15) is 0 Å². The van der Waals surface area contributed by atoms with E-state index in [0.29, 0.717) is 5.62 Å². The van der Waals surface area contributed by atoms with Gasteiger partial charge in [0.05, 0.1) is 0 Å². The molecule has 0 nitrogen and oxygen atoms in total. The molecular weight excluding hydrogens is 173 g/mol. The summed E-state index contributed by atoms with van der Waals surface area (Å²) in [5.74, 6) is 0. The van der Waals surface area contributed by atoms with E-state index in [-0.39, 0.29) is 0 Å². The van der Waals surface area contributed by atoms with Crippen LogP contribution < -0.4 is 0 Å². The van der Waals surface area contributed by atoms with Crippen molar-refractivity contribution in [2.24, 2.45) is 0 Å². The zero-order chi connectivity index (χ0) is 6.15. The molecule has 4 heteroatoms. The van der Waals surface area contributed by atoms with Crippen LogP contribution in [0, 0.1) is 0 Å². The third-order valence-electron chi connectivity index (χ3n) is 0.329. The molecule has 0 spiro atoms. The predicted octanol–water partition coefficient (Wildman–Crippen LogP) is 3.30. The maximum atomic E-state index is 5.74. The Kier molecular flexibility index (Phi) is 2.27. The van der Waals surface area contributed by atoms with Crippen LogP contribution in [0.2, 0.25) is 0 Å². The molecule has 0 rings (SSSR count). The van der Waals surface area contributed by atoms with Crippen molar-refractivity contribution in [3.8, 4) is 0 Å². The van der Waals surface area contributed by atoms with Crippen LogP contribution >= 0.6 is 39.4 Å². The second-order valence-electron chi connectivity index (χ2n) is 2.18. The van der Waals surface area contributed by atoms with Gasteiger partial charge in [-0.15, -0.1) is 0 Å². The molecule has 0 aromatic heterocycles. The molecule has 0 aliphatic rings. The van der Waals surface area contributed by atoms with E-state index in [9.17, 15) is 0 Å². The van der Waals surface area contributed by atoms with Gasteiger partial charge in [0.1, 0.15) is 0 Å². The van der Waals surface area contributed by atoms with Crippen LogP contribution in [0.3, 0.4) is 0 Å². The first kappa shape index (κ1) is 8.30. The van der Waals surface area contributed by atoms with Crippen molar-refractivity contribution in [2.45, 2.75) is 0 Å². The van der Waals surface area contributed by atoms with Crippen LogP contribution in [0.5, 0.6) is 0 Å². The molecule has 0 fully saturated rings. The quantitative estimate of drug-likeness (QED) is 0.430. The van der Waals surface area contributed by atoms with Gasteiger partial charge in [-0.25, -0.2) is 0 Å². The van der Waals surface area contributed by atoms with Crippen LogP contribution in [0.15, 0.2) is 0 Å². The molecule has 0 aliphatic heterocycles. The van der Waals surface area contributed by atoms with Crippen molar-refractivity contribution in [3.63, 3.8) is 0 Å². The Morgan fingerprint density at radius 1 is 1.29 bits per heavy atom. The monoisotopic (exact) mass is 180 g/mol. The summed E-state index contributed by atoms with van der Waals surface area (Å²) in [6, 6.07) is 0. The molecule has 0 unspecified atom stereocenters. The Hall–Kier alpha value is 1.30. The van der Waals surface area contributed by atoms with Crippen LogP contribution in [-0.4, -0.2) is 19.0 Å². The molecule has 0 aromatic rings. The van der Waals surface area contributed by atoms with E-state index in [1.807, 2.05) is 0 Å². The van der Waals surface area contributed by atoms with Gasteiger partial charge in [-0.2, -0.15) is 0 Å². The van der Waals surface area contributed by atoms with Gasteiger partial charge in [0.15, 0.2) is 0 Å². The summed E-state index contributed by atoms with van der Waals surface area (Å²) >= 11 is 16.9. The fraction of sp³-hybridized carbons (Fsp3) is 1.00. The summed E-state index contributed by atoms with van der Waals surface area (Å²) in [6.45, 7) is 3.59. The molecule has 0 saturated carbocycles. The van der Waals surface area contributed by atoms with Gasteiger partial charge in [0.2, 0.25) is 0 Å². The molecule has 7 heavy (non-hydrogen) atoms. The van der Waals surface area contributed by atoms with Gasteiger partial charge in [-0.1, -0.05) is 0 Å². The number of hydrogen-bond donors (Lipinski definition) is 0. The first-order chi connectivity index (χ1) is 2.81. The summed E-state index contributed by atoms with van der Waals surface area (Å²) in [7, 11) is 0. The maximum absolute atomic E-state index is 5.74. The van der Waals surface area contributed by atoms with Gasteiger partial charge >= 0.3 is 58.3 Å². The van der Waals surface area contributed by atoms with E-state index in [1.54, 1.807) is 13.3 Å². The van der Waals surface area contributed by atoms with Crippen molar-refractivity contribution in [1.82, 2.24) is 0 Å². The van der Waals surface area contributed by atoms with E-state index < -0.39 is 5.31 Å². The topological polar surface area (TPSA) is 0 Å². The number of rotatable bonds is 1. The molecule has 46 valence electrons. The summed E-state index contributed by atoms with van der Waals surface area (Å²) < 4.78 is 0. The first-order valence-electron chi connectivity index (χ1n) is 1.82.